The van der Waals surface area contributed by atoms with Gasteiger partial charge in [-0.25, -0.2) is 12.8 Å². The molecule has 2 rings (SSSR count). The van der Waals surface area contributed by atoms with Gasteiger partial charge in [0, 0.05) is 25.9 Å². The molecule has 1 heterocycles. The highest BCUT2D eigenvalue weighted by Gasteiger charge is 2.29. The Labute approximate surface area is 105 Å². The highest BCUT2D eigenvalue weighted by Crippen LogP contribution is 2.23. The largest absolute Gasteiger partial charge is 0.300 e. The van der Waals surface area contributed by atoms with Gasteiger partial charge in [-0.3, -0.25) is 4.79 Å². The van der Waals surface area contributed by atoms with Crippen LogP contribution in [0.5, 0.6) is 0 Å². The zero-order valence-corrected chi connectivity index (χ0v) is 10.8. The lowest BCUT2D eigenvalue weighted by atomic mass is 10.1. The molecular formula is C12H14FNO3S. The minimum atomic E-state index is -3.70. The Hall–Kier alpha value is -1.27. The second-order valence-electron chi connectivity index (χ2n) is 4.35. The zero-order chi connectivity index (χ0) is 13.3. The van der Waals surface area contributed by atoms with E-state index in [1.807, 2.05) is 0 Å². The predicted octanol–water partition coefficient (Wildman–Crippen LogP) is 1.49. The van der Waals surface area contributed by atoms with Crippen LogP contribution in [-0.2, 0) is 14.8 Å². The number of piperidine rings is 1. The number of carbonyl (C=O) groups is 1. The van der Waals surface area contributed by atoms with E-state index in [0.29, 0.717) is 5.56 Å². The Bertz CT molecular complexity index is 573. The van der Waals surface area contributed by atoms with Crippen LogP contribution in [-0.4, -0.2) is 31.6 Å². The molecule has 1 aromatic carbocycles. The van der Waals surface area contributed by atoms with E-state index in [4.69, 9.17) is 0 Å². The number of aryl methyl sites for hydroxylation is 1. The molecule has 1 aromatic rings. The fourth-order valence-electron chi connectivity index (χ4n) is 1.97. The summed E-state index contributed by atoms with van der Waals surface area (Å²) in [6, 6.07) is 3.70. The molecule has 18 heavy (non-hydrogen) atoms. The second-order valence-corrected chi connectivity index (χ2v) is 6.26. The van der Waals surface area contributed by atoms with E-state index >= 15 is 0 Å². The van der Waals surface area contributed by atoms with Gasteiger partial charge in [0.25, 0.3) is 0 Å². The number of rotatable bonds is 2. The highest BCUT2D eigenvalue weighted by atomic mass is 32.2. The molecule has 0 saturated carbocycles. The summed E-state index contributed by atoms with van der Waals surface area (Å²) >= 11 is 0. The van der Waals surface area contributed by atoms with Crippen molar-refractivity contribution < 1.29 is 17.6 Å². The third-order valence-corrected chi connectivity index (χ3v) is 5.09. The molecule has 98 valence electrons. The molecule has 1 fully saturated rings. The van der Waals surface area contributed by atoms with Gasteiger partial charge in [-0.1, -0.05) is 6.07 Å². The van der Waals surface area contributed by atoms with Crippen molar-refractivity contribution in [2.24, 2.45) is 0 Å². The standard InChI is InChI=1S/C12H14FNO3S/c1-9-2-3-10(13)8-12(9)18(16,17)14-6-4-11(15)5-7-14/h2-3,8H,4-7H2,1H3. The van der Waals surface area contributed by atoms with Crippen molar-refractivity contribution in [1.82, 2.24) is 4.31 Å². The van der Waals surface area contributed by atoms with E-state index < -0.39 is 15.8 Å². The predicted molar refractivity (Wildman–Crippen MR) is 64.1 cm³/mol. The summed E-state index contributed by atoms with van der Waals surface area (Å²) in [6.07, 6.45) is 0.460. The van der Waals surface area contributed by atoms with Crippen LogP contribution in [0.2, 0.25) is 0 Å². The van der Waals surface area contributed by atoms with E-state index in [-0.39, 0.29) is 36.6 Å². The number of halogens is 1. The molecule has 0 aromatic heterocycles. The van der Waals surface area contributed by atoms with Crippen LogP contribution in [0.1, 0.15) is 18.4 Å². The Morgan fingerprint density at radius 3 is 2.44 bits per heavy atom. The minimum Gasteiger partial charge on any atom is -0.300 e. The number of carbonyl (C=O) groups excluding carboxylic acids is 1. The van der Waals surface area contributed by atoms with Crippen LogP contribution >= 0.6 is 0 Å². The van der Waals surface area contributed by atoms with Crippen molar-refractivity contribution in [3.8, 4) is 0 Å². The Morgan fingerprint density at radius 2 is 1.83 bits per heavy atom. The molecule has 0 aliphatic carbocycles. The first kappa shape index (κ1) is 13.2. The first-order chi connectivity index (χ1) is 8.41. The lowest BCUT2D eigenvalue weighted by Gasteiger charge is -2.25. The molecule has 0 amide bonds. The maximum absolute atomic E-state index is 13.2. The Balaban J connectivity index is 2.36. The summed E-state index contributed by atoms with van der Waals surface area (Å²) in [5.74, 6) is -0.510. The second kappa shape index (κ2) is 4.78. The van der Waals surface area contributed by atoms with Gasteiger partial charge >= 0.3 is 0 Å². The first-order valence-corrected chi connectivity index (χ1v) is 7.13. The van der Waals surface area contributed by atoms with Crippen LogP contribution in [0.15, 0.2) is 23.1 Å². The van der Waals surface area contributed by atoms with E-state index in [1.165, 1.54) is 16.4 Å². The van der Waals surface area contributed by atoms with E-state index in [9.17, 15) is 17.6 Å². The number of hydrogen-bond acceptors (Lipinski definition) is 3. The fourth-order valence-corrected chi connectivity index (χ4v) is 3.64. The minimum absolute atomic E-state index is 0.0168. The number of nitrogens with zero attached hydrogens (tertiary/aromatic N) is 1. The summed E-state index contributed by atoms with van der Waals surface area (Å²) in [4.78, 5) is 11.1. The average Bonchev–Trinajstić information content (AvgIpc) is 2.32. The van der Waals surface area contributed by atoms with Crippen molar-refractivity contribution in [2.45, 2.75) is 24.7 Å². The van der Waals surface area contributed by atoms with Gasteiger partial charge in [-0.15, -0.1) is 0 Å². The number of ketones is 1. The average molecular weight is 271 g/mol. The van der Waals surface area contributed by atoms with Gasteiger partial charge in [-0.05, 0) is 24.6 Å². The zero-order valence-electron chi connectivity index (χ0n) is 10.0. The van der Waals surface area contributed by atoms with Gasteiger partial charge in [0.2, 0.25) is 10.0 Å². The van der Waals surface area contributed by atoms with E-state index in [2.05, 4.69) is 0 Å². The molecule has 0 atom stereocenters. The molecule has 0 radical (unpaired) electrons. The molecule has 6 heteroatoms. The van der Waals surface area contributed by atoms with Crippen molar-refractivity contribution in [3.63, 3.8) is 0 Å². The van der Waals surface area contributed by atoms with Crippen molar-refractivity contribution in [3.05, 3.63) is 29.6 Å². The maximum atomic E-state index is 13.2. The SMILES string of the molecule is Cc1ccc(F)cc1S(=O)(=O)N1CCC(=O)CC1. The lowest BCUT2D eigenvalue weighted by molar-refractivity contribution is -0.120. The monoisotopic (exact) mass is 271 g/mol. The van der Waals surface area contributed by atoms with Gasteiger partial charge < -0.3 is 0 Å². The van der Waals surface area contributed by atoms with E-state index in [1.54, 1.807) is 6.92 Å². The molecule has 0 unspecified atom stereocenters. The number of hydrogen-bond donors (Lipinski definition) is 0. The summed E-state index contributed by atoms with van der Waals surface area (Å²) in [5, 5.41) is 0. The van der Waals surface area contributed by atoms with Crippen molar-refractivity contribution in [2.75, 3.05) is 13.1 Å². The molecule has 1 aliphatic rings. The first-order valence-electron chi connectivity index (χ1n) is 5.69. The molecule has 1 saturated heterocycles. The number of sulfonamides is 1. The highest BCUT2D eigenvalue weighted by molar-refractivity contribution is 7.89. The quantitative estimate of drug-likeness (QED) is 0.819. The third-order valence-electron chi connectivity index (χ3n) is 3.05. The van der Waals surface area contributed by atoms with Gasteiger partial charge in [-0.2, -0.15) is 4.31 Å². The molecule has 0 N–H and O–H groups in total. The number of Topliss-reactive ketones (excluding diaryl/α,β-unsaturated/α-hetero) is 1. The van der Waals surface area contributed by atoms with Gasteiger partial charge in [0.1, 0.15) is 11.6 Å². The Morgan fingerprint density at radius 1 is 1.22 bits per heavy atom. The van der Waals surface area contributed by atoms with Crippen LogP contribution in [0, 0.1) is 12.7 Å². The molecule has 1 aliphatic heterocycles. The molecule has 0 bridgehead atoms. The number of benzene rings is 1. The molecule has 0 spiro atoms. The van der Waals surface area contributed by atoms with Crippen LogP contribution in [0.25, 0.3) is 0 Å². The lowest BCUT2D eigenvalue weighted by Crippen LogP contribution is -2.38. The van der Waals surface area contributed by atoms with Crippen LogP contribution in [0.3, 0.4) is 0 Å². The smallest absolute Gasteiger partial charge is 0.243 e. The summed E-state index contributed by atoms with van der Waals surface area (Å²) in [5.41, 5.74) is 0.508. The maximum Gasteiger partial charge on any atom is 0.243 e. The summed E-state index contributed by atoms with van der Waals surface area (Å²) in [7, 11) is -3.70. The normalized spacial score (nSPS) is 18.0. The summed E-state index contributed by atoms with van der Waals surface area (Å²) < 4.78 is 39.0. The Kier molecular flexibility index (Phi) is 3.49. The topological polar surface area (TPSA) is 54.5 Å². The van der Waals surface area contributed by atoms with E-state index in [0.717, 1.165) is 6.07 Å². The molecular weight excluding hydrogens is 257 g/mol. The van der Waals surface area contributed by atoms with Crippen LogP contribution in [0.4, 0.5) is 4.39 Å². The molecule has 4 nitrogen and oxygen atoms in total. The fraction of sp³-hybridized carbons (Fsp3) is 0.417. The van der Waals surface area contributed by atoms with Crippen molar-refractivity contribution >= 4 is 15.8 Å². The van der Waals surface area contributed by atoms with Crippen molar-refractivity contribution in [1.29, 1.82) is 0 Å². The van der Waals surface area contributed by atoms with Gasteiger partial charge in [0.05, 0.1) is 4.90 Å². The van der Waals surface area contributed by atoms with Crippen LogP contribution < -0.4 is 0 Å². The van der Waals surface area contributed by atoms with Gasteiger partial charge in [0.15, 0.2) is 0 Å². The third kappa shape index (κ3) is 2.44. The summed E-state index contributed by atoms with van der Waals surface area (Å²) in [6.45, 7) is 1.98.